The van der Waals surface area contributed by atoms with Crippen molar-refractivity contribution in [2.24, 2.45) is 7.05 Å². The van der Waals surface area contributed by atoms with Gasteiger partial charge in [-0.1, -0.05) is 18.2 Å². The summed E-state index contributed by atoms with van der Waals surface area (Å²) in [5, 5.41) is 16.8. The third-order valence-electron chi connectivity index (χ3n) is 4.38. The fourth-order valence-corrected chi connectivity index (χ4v) is 2.87. The summed E-state index contributed by atoms with van der Waals surface area (Å²) in [5.74, 6) is -0.337. The zero-order chi connectivity index (χ0) is 19.5. The summed E-state index contributed by atoms with van der Waals surface area (Å²) in [5.41, 5.74) is 1.64. The molecule has 142 valence electrons. The van der Waals surface area contributed by atoms with Crippen molar-refractivity contribution in [2.75, 3.05) is 6.54 Å². The van der Waals surface area contributed by atoms with Crippen LogP contribution in [0.3, 0.4) is 0 Å². The first-order chi connectivity index (χ1) is 12.1. The van der Waals surface area contributed by atoms with Gasteiger partial charge in [-0.25, -0.2) is 0 Å². The number of nitrogens with zero attached hydrogens (tertiary/aromatic N) is 2. The summed E-state index contributed by atoms with van der Waals surface area (Å²) in [4.78, 5) is 12.0. The maximum atomic E-state index is 13.0. The molecule has 0 radical (unpaired) electrons. The van der Waals surface area contributed by atoms with Gasteiger partial charge in [0, 0.05) is 25.7 Å². The molecule has 0 aliphatic rings. The van der Waals surface area contributed by atoms with Gasteiger partial charge < -0.3 is 10.4 Å². The number of amides is 1. The molecular weight excluding hydrogens is 347 g/mol. The summed E-state index contributed by atoms with van der Waals surface area (Å²) < 4.78 is 40.7. The van der Waals surface area contributed by atoms with Crippen LogP contribution in [0.2, 0.25) is 0 Å². The topological polar surface area (TPSA) is 67.2 Å². The Morgan fingerprint density at radius 1 is 1.31 bits per heavy atom. The first-order valence-corrected chi connectivity index (χ1v) is 8.21. The summed E-state index contributed by atoms with van der Waals surface area (Å²) in [6.07, 6.45) is -5.34. The Morgan fingerprint density at radius 3 is 2.54 bits per heavy atom. The number of alkyl halides is 3. The van der Waals surface area contributed by atoms with Crippen molar-refractivity contribution in [3.05, 3.63) is 52.3 Å². The van der Waals surface area contributed by atoms with E-state index >= 15 is 0 Å². The minimum absolute atomic E-state index is 0.168. The van der Waals surface area contributed by atoms with Crippen LogP contribution in [-0.2, 0) is 24.4 Å². The van der Waals surface area contributed by atoms with Crippen LogP contribution in [0.1, 0.15) is 40.6 Å². The molecule has 0 saturated carbocycles. The third-order valence-corrected chi connectivity index (χ3v) is 4.38. The van der Waals surface area contributed by atoms with Crippen molar-refractivity contribution in [3.63, 3.8) is 0 Å². The molecule has 1 aromatic heterocycles. The van der Waals surface area contributed by atoms with E-state index in [0.717, 1.165) is 23.0 Å². The number of nitrogens with one attached hydrogen (secondary N) is 1. The number of rotatable bonds is 6. The van der Waals surface area contributed by atoms with Crippen LogP contribution in [0.5, 0.6) is 0 Å². The molecule has 5 nitrogen and oxygen atoms in total. The average molecular weight is 369 g/mol. The number of aliphatic hydroxyl groups is 1. The lowest BCUT2D eigenvalue weighted by Gasteiger charge is -2.18. The van der Waals surface area contributed by atoms with Gasteiger partial charge in [-0.05, 0) is 37.5 Å². The highest BCUT2D eigenvalue weighted by Crippen LogP contribution is 2.34. The van der Waals surface area contributed by atoms with Gasteiger partial charge in [-0.15, -0.1) is 0 Å². The maximum Gasteiger partial charge on any atom is 0.416 e. The second-order valence-corrected chi connectivity index (χ2v) is 6.18. The molecule has 1 heterocycles. The summed E-state index contributed by atoms with van der Waals surface area (Å²) in [6, 6.07) is 4.80. The lowest BCUT2D eigenvalue weighted by atomic mass is 10.0. The van der Waals surface area contributed by atoms with Crippen LogP contribution in [-0.4, -0.2) is 27.3 Å². The van der Waals surface area contributed by atoms with Crippen molar-refractivity contribution >= 4 is 5.91 Å². The van der Waals surface area contributed by atoms with E-state index in [1.165, 1.54) is 18.2 Å². The van der Waals surface area contributed by atoms with E-state index in [4.69, 9.17) is 0 Å². The molecule has 8 heteroatoms. The van der Waals surface area contributed by atoms with E-state index in [1.807, 2.05) is 20.9 Å². The zero-order valence-electron chi connectivity index (χ0n) is 14.9. The van der Waals surface area contributed by atoms with Crippen LogP contribution in [0.4, 0.5) is 13.2 Å². The van der Waals surface area contributed by atoms with Gasteiger partial charge in [-0.2, -0.15) is 18.3 Å². The summed E-state index contributed by atoms with van der Waals surface area (Å²) in [6.45, 7) is 3.49. The van der Waals surface area contributed by atoms with E-state index in [9.17, 15) is 23.1 Å². The lowest BCUT2D eigenvalue weighted by Crippen LogP contribution is -2.29. The van der Waals surface area contributed by atoms with E-state index in [-0.39, 0.29) is 24.4 Å². The van der Waals surface area contributed by atoms with Gasteiger partial charge in [0.05, 0.1) is 17.4 Å². The van der Waals surface area contributed by atoms with Crippen LogP contribution in [0.15, 0.2) is 24.3 Å². The Bertz CT molecular complexity index is 784. The largest absolute Gasteiger partial charge is 0.416 e. The fourth-order valence-electron chi connectivity index (χ4n) is 2.87. The van der Waals surface area contributed by atoms with Crippen molar-refractivity contribution in [3.8, 4) is 0 Å². The van der Waals surface area contributed by atoms with Crippen molar-refractivity contribution in [2.45, 2.75) is 39.0 Å². The van der Waals surface area contributed by atoms with Gasteiger partial charge in [-0.3, -0.25) is 9.48 Å². The molecule has 0 saturated heterocycles. The highest BCUT2D eigenvalue weighted by atomic mass is 19.4. The van der Waals surface area contributed by atoms with E-state index in [2.05, 4.69) is 10.4 Å². The molecule has 0 aliphatic heterocycles. The van der Waals surface area contributed by atoms with Crippen LogP contribution in [0, 0.1) is 13.8 Å². The normalized spacial score (nSPS) is 12.9. The molecule has 0 spiro atoms. The predicted molar refractivity (Wildman–Crippen MR) is 90.4 cm³/mol. The molecule has 0 fully saturated rings. The Morgan fingerprint density at radius 2 is 1.96 bits per heavy atom. The Balaban J connectivity index is 1.93. The molecule has 2 N–H and O–H groups in total. The Hall–Kier alpha value is -2.35. The number of aliphatic hydroxyl groups excluding tert-OH is 1. The SMILES string of the molecule is Cc1nn(C)c(C)c1CCC(=O)NCC(O)c1ccccc1C(F)(F)F. The Labute approximate surface area is 149 Å². The standard InChI is InChI=1S/C18H22F3N3O2/c1-11-13(12(2)24(3)23-11)8-9-17(26)22-10-16(25)14-6-4-5-7-15(14)18(19,20)21/h4-7,16,25H,8-10H2,1-3H3,(H,22,26). The van der Waals surface area contributed by atoms with Crippen LogP contribution in [0.25, 0.3) is 0 Å². The lowest BCUT2D eigenvalue weighted by molar-refractivity contribution is -0.139. The van der Waals surface area contributed by atoms with Gasteiger partial charge in [0.15, 0.2) is 0 Å². The van der Waals surface area contributed by atoms with Crippen molar-refractivity contribution < 1.29 is 23.1 Å². The quantitative estimate of drug-likeness (QED) is 0.823. The number of hydrogen-bond donors (Lipinski definition) is 2. The minimum Gasteiger partial charge on any atom is -0.387 e. The highest BCUT2D eigenvalue weighted by Gasteiger charge is 2.34. The van der Waals surface area contributed by atoms with Gasteiger partial charge in [0.2, 0.25) is 5.91 Å². The maximum absolute atomic E-state index is 13.0. The van der Waals surface area contributed by atoms with Gasteiger partial charge in [0.1, 0.15) is 0 Å². The first-order valence-electron chi connectivity index (χ1n) is 8.21. The number of halogens is 3. The second kappa shape index (κ2) is 7.90. The molecular formula is C18H22F3N3O2. The molecule has 1 amide bonds. The molecule has 0 bridgehead atoms. The zero-order valence-corrected chi connectivity index (χ0v) is 14.9. The number of carbonyl (C=O) groups excluding carboxylic acids is 1. The Kier molecular flexibility index (Phi) is 6.07. The molecule has 1 unspecified atom stereocenters. The molecule has 2 aromatic rings. The van der Waals surface area contributed by atoms with Crippen molar-refractivity contribution in [1.82, 2.24) is 15.1 Å². The first kappa shape index (κ1) is 20.0. The number of hydrogen-bond acceptors (Lipinski definition) is 3. The number of aromatic nitrogens is 2. The fraction of sp³-hybridized carbons (Fsp3) is 0.444. The minimum atomic E-state index is -4.56. The number of aryl methyl sites for hydroxylation is 2. The average Bonchev–Trinajstić information content (AvgIpc) is 2.82. The second-order valence-electron chi connectivity index (χ2n) is 6.18. The summed E-state index contributed by atoms with van der Waals surface area (Å²) in [7, 11) is 1.82. The monoisotopic (exact) mass is 369 g/mol. The highest BCUT2D eigenvalue weighted by molar-refractivity contribution is 5.76. The van der Waals surface area contributed by atoms with Gasteiger partial charge in [0.25, 0.3) is 0 Å². The van der Waals surface area contributed by atoms with Crippen molar-refractivity contribution in [1.29, 1.82) is 0 Å². The molecule has 2 rings (SSSR count). The smallest absolute Gasteiger partial charge is 0.387 e. The number of carbonyl (C=O) groups is 1. The summed E-state index contributed by atoms with van der Waals surface area (Å²) >= 11 is 0. The van der Waals surface area contributed by atoms with E-state index in [0.29, 0.717) is 6.42 Å². The van der Waals surface area contributed by atoms with Gasteiger partial charge >= 0.3 is 6.18 Å². The predicted octanol–water partition coefficient (Wildman–Crippen LogP) is 2.84. The van der Waals surface area contributed by atoms with Crippen LogP contribution < -0.4 is 5.32 Å². The molecule has 0 aliphatic carbocycles. The molecule has 26 heavy (non-hydrogen) atoms. The number of benzene rings is 1. The third kappa shape index (κ3) is 4.63. The van der Waals surface area contributed by atoms with Crippen LogP contribution >= 0.6 is 0 Å². The van der Waals surface area contributed by atoms with E-state index in [1.54, 1.807) is 4.68 Å². The van der Waals surface area contributed by atoms with E-state index < -0.39 is 17.8 Å². The molecule has 1 aromatic carbocycles. The molecule has 1 atom stereocenters.